The van der Waals surface area contributed by atoms with Crippen LogP contribution >= 0.6 is 0 Å². The van der Waals surface area contributed by atoms with Gasteiger partial charge in [-0.1, -0.05) is 26.0 Å². The molecule has 1 unspecified atom stereocenters. The quantitative estimate of drug-likeness (QED) is 0.742. The number of hydrogen-bond donors (Lipinski definition) is 2. The number of ether oxygens (including phenoxy) is 1. The van der Waals surface area contributed by atoms with Crippen LogP contribution in [0.1, 0.15) is 43.4 Å². The Morgan fingerprint density at radius 3 is 2.34 bits per heavy atom. The molecule has 0 aliphatic carbocycles. The van der Waals surface area contributed by atoms with Gasteiger partial charge in [0, 0.05) is 5.69 Å². The number of nitrogens with zero attached hydrogens (tertiary/aromatic N) is 1. The second-order valence-electron chi connectivity index (χ2n) is 7.11. The molecule has 0 saturated heterocycles. The predicted octanol–water partition coefficient (Wildman–Crippen LogP) is 4.47. The van der Waals surface area contributed by atoms with Gasteiger partial charge in [-0.25, -0.2) is 0 Å². The van der Waals surface area contributed by atoms with E-state index in [0.29, 0.717) is 17.7 Å². The third-order valence-electron chi connectivity index (χ3n) is 4.26. The van der Waals surface area contributed by atoms with E-state index >= 15 is 0 Å². The van der Waals surface area contributed by atoms with Crippen molar-refractivity contribution in [3.63, 3.8) is 0 Å². The minimum atomic E-state index is -4.75. The van der Waals surface area contributed by atoms with Crippen molar-refractivity contribution in [3.05, 3.63) is 59.2 Å². The Balaban J connectivity index is 2.08. The van der Waals surface area contributed by atoms with Crippen LogP contribution in [-0.2, 0) is 11.0 Å². The first-order valence-electron chi connectivity index (χ1n) is 8.82. The smallest absolute Gasteiger partial charge is 0.417 e. The fourth-order valence-corrected chi connectivity index (χ4v) is 2.46. The zero-order valence-electron chi connectivity index (χ0n) is 16.2. The van der Waals surface area contributed by atoms with Crippen LogP contribution in [0, 0.1) is 11.3 Å². The maximum absolute atomic E-state index is 13.0. The first kappa shape index (κ1) is 22.2. The summed E-state index contributed by atoms with van der Waals surface area (Å²) in [6, 6.07) is 11.4. The molecule has 0 heterocycles. The number of nitriles is 1. The van der Waals surface area contributed by atoms with E-state index in [0.717, 1.165) is 17.7 Å². The van der Waals surface area contributed by atoms with E-state index in [2.05, 4.69) is 5.32 Å². The molecule has 2 N–H and O–H groups in total. The van der Waals surface area contributed by atoms with Gasteiger partial charge in [-0.15, -0.1) is 0 Å². The van der Waals surface area contributed by atoms with Crippen LogP contribution in [0.2, 0.25) is 0 Å². The number of carbonyl (C=O) groups is 1. The van der Waals surface area contributed by atoms with E-state index in [1.54, 1.807) is 12.1 Å². The van der Waals surface area contributed by atoms with Gasteiger partial charge < -0.3 is 15.2 Å². The highest BCUT2D eigenvalue weighted by Gasteiger charge is 2.35. The Labute approximate surface area is 166 Å². The zero-order valence-corrected chi connectivity index (χ0v) is 16.2. The molecule has 2 aromatic rings. The zero-order chi connectivity index (χ0) is 21.8. The second-order valence-corrected chi connectivity index (χ2v) is 7.11. The van der Waals surface area contributed by atoms with Gasteiger partial charge in [0.05, 0.1) is 17.2 Å². The molecule has 0 aliphatic rings. The molecule has 0 aliphatic heterocycles. The van der Waals surface area contributed by atoms with Gasteiger partial charge in [-0.2, -0.15) is 18.4 Å². The van der Waals surface area contributed by atoms with Crippen LogP contribution in [0.15, 0.2) is 42.5 Å². The Bertz CT molecular complexity index is 914. The van der Waals surface area contributed by atoms with Crippen molar-refractivity contribution in [3.8, 4) is 11.8 Å². The largest absolute Gasteiger partial charge is 0.490 e. The number of aliphatic hydroxyl groups is 1. The van der Waals surface area contributed by atoms with Crippen molar-refractivity contribution in [2.75, 3.05) is 11.9 Å². The van der Waals surface area contributed by atoms with Crippen LogP contribution in [0.5, 0.6) is 5.75 Å². The van der Waals surface area contributed by atoms with Gasteiger partial charge >= 0.3 is 6.18 Å². The molecule has 1 amide bonds. The van der Waals surface area contributed by atoms with Crippen molar-refractivity contribution in [2.24, 2.45) is 0 Å². The van der Waals surface area contributed by atoms with Crippen molar-refractivity contribution in [2.45, 2.75) is 38.5 Å². The van der Waals surface area contributed by atoms with E-state index in [-0.39, 0.29) is 5.69 Å². The topological polar surface area (TPSA) is 82.3 Å². The lowest BCUT2D eigenvalue weighted by atomic mass is 10.0. The van der Waals surface area contributed by atoms with Gasteiger partial charge in [-0.3, -0.25) is 4.79 Å². The molecule has 5 nitrogen and oxygen atoms in total. The number of halogens is 3. The molecule has 0 aromatic heterocycles. The third kappa shape index (κ3) is 5.72. The van der Waals surface area contributed by atoms with Crippen LogP contribution in [-0.4, -0.2) is 23.2 Å². The average molecular weight is 406 g/mol. The minimum absolute atomic E-state index is 0.192. The fourth-order valence-electron chi connectivity index (χ4n) is 2.46. The highest BCUT2D eigenvalue weighted by atomic mass is 19.4. The number of rotatable bonds is 6. The number of benzene rings is 2. The highest BCUT2D eigenvalue weighted by Crippen LogP contribution is 2.33. The summed E-state index contributed by atoms with van der Waals surface area (Å²) in [5.74, 6) is -0.152. The van der Waals surface area contributed by atoms with Gasteiger partial charge in [-0.05, 0) is 48.7 Å². The fraction of sp³-hybridized carbons (Fsp3) is 0.333. The summed E-state index contributed by atoms with van der Waals surface area (Å²) in [6.45, 7) is 4.87. The van der Waals surface area contributed by atoms with E-state index in [4.69, 9.17) is 10.00 Å². The van der Waals surface area contributed by atoms with Crippen LogP contribution in [0.4, 0.5) is 18.9 Å². The molecule has 1 atom stereocenters. The molecular formula is C21H21F3N2O3. The van der Waals surface area contributed by atoms with E-state index < -0.39 is 35.4 Å². The Kier molecular flexibility index (Phi) is 6.55. The first-order chi connectivity index (χ1) is 13.4. The number of anilines is 1. The monoisotopic (exact) mass is 406 g/mol. The molecule has 0 radical (unpaired) electrons. The Hall–Kier alpha value is -3.05. The van der Waals surface area contributed by atoms with Gasteiger partial charge in [0.25, 0.3) is 5.91 Å². The molecule has 2 rings (SSSR count). The lowest BCUT2D eigenvalue weighted by Crippen LogP contribution is -2.45. The molecule has 0 bridgehead atoms. The first-order valence-corrected chi connectivity index (χ1v) is 8.82. The lowest BCUT2D eigenvalue weighted by molar-refractivity contribution is -0.138. The molecule has 2 aromatic carbocycles. The summed E-state index contributed by atoms with van der Waals surface area (Å²) < 4.78 is 44.6. The molecule has 8 heteroatoms. The number of amides is 1. The van der Waals surface area contributed by atoms with Gasteiger partial charge in [0.2, 0.25) is 0 Å². The number of alkyl halides is 3. The second kappa shape index (κ2) is 8.53. The van der Waals surface area contributed by atoms with Crippen molar-refractivity contribution < 1.29 is 27.8 Å². The summed E-state index contributed by atoms with van der Waals surface area (Å²) in [5.41, 5.74) is -2.82. The molecule has 29 heavy (non-hydrogen) atoms. The van der Waals surface area contributed by atoms with Crippen molar-refractivity contribution >= 4 is 11.6 Å². The Morgan fingerprint density at radius 2 is 1.83 bits per heavy atom. The number of hydrogen-bond acceptors (Lipinski definition) is 4. The molecule has 0 fully saturated rings. The van der Waals surface area contributed by atoms with Crippen LogP contribution in [0.25, 0.3) is 0 Å². The van der Waals surface area contributed by atoms with Gasteiger partial charge in [0.15, 0.2) is 5.60 Å². The van der Waals surface area contributed by atoms with Crippen molar-refractivity contribution in [1.29, 1.82) is 5.26 Å². The average Bonchev–Trinajstić information content (AvgIpc) is 2.66. The van der Waals surface area contributed by atoms with E-state index in [1.807, 2.05) is 26.0 Å². The highest BCUT2D eigenvalue weighted by molar-refractivity contribution is 5.97. The van der Waals surface area contributed by atoms with Crippen LogP contribution in [0.3, 0.4) is 0 Å². The minimum Gasteiger partial charge on any atom is -0.490 e. The maximum atomic E-state index is 13.0. The summed E-state index contributed by atoms with van der Waals surface area (Å²) in [7, 11) is 0. The van der Waals surface area contributed by atoms with Crippen LogP contribution < -0.4 is 10.1 Å². The number of nitrogens with one attached hydrogen (secondary N) is 1. The molecule has 0 spiro atoms. The molecule has 0 saturated carbocycles. The van der Waals surface area contributed by atoms with Gasteiger partial charge in [0.1, 0.15) is 12.4 Å². The standard InChI is InChI=1S/C21H21F3N2O3/c1-13(2)14-5-8-17(9-6-14)29-12-20(3,28)19(27)26-16-7-4-15(11-25)18(10-16)21(22,23)24/h4-10,13,28H,12H2,1-3H3,(H,26,27). The van der Waals surface area contributed by atoms with E-state index in [9.17, 15) is 23.1 Å². The lowest BCUT2D eigenvalue weighted by Gasteiger charge is -2.23. The predicted molar refractivity (Wildman–Crippen MR) is 101 cm³/mol. The summed E-state index contributed by atoms with van der Waals surface area (Å²) in [6.07, 6.45) is -4.75. The third-order valence-corrected chi connectivity index (χ3v) is 4.26. The SMILES string of the molecule is CC(C)c1ccc(OCC(C)(O)C(=O)Nc2ccc(C#N)c(C(F)(F)F)c2)cc1. The summed E-state index contributed by atoms with van der Waals surface area (Å²) in [4.78, 5) is 12.3. The summed E-state index contributed by atoms with van der Waals surface area (Å²) in [5, 5.41) is 21.4. The van der Waals surface area contributed by atoms with Crippen molar-refractivity contribution in [1.82, 2.24) is 0 Å². The molecular weight excluding hydrogens is 385 g/mol. The normalized spacial score (nSPS) is 13.5. The van der Waals surface area contributed by atoms with E-state index in [1.165, 1.54) is 13.0 Å². The molecule has 154 valence electrons. The number of carbonyl (C=O) groups excluding carboxylic acids is 1. The Morgan fingerprint density at radius 1 is 1.21 bits per heavy atom. The summed E-state index contributed by atoms with van der Waals surface area (Å²) >= 11 is 0. The maximum Gasteiger partial charge on any atom is 0.417 e.